The van der Waals surface area contributed by atoms with Crippen LogP contribution in [0, 0.1) is 0 Å². The highest BCUT2D eigenvalue weighted by Crippen LogP contribution is 2.25. The minimum atomic E-state index is 0.595. The molecule has 0 fully saturated rings. The van der Waals surface area contributed by atoms with Crippen molar-refractivity contribution in [2.24, 2.45) is 0 Å². The number of rotatable bonds is 5. The molecule has 100 valence electrons. The van der Waals surface area contributed by atoms with Crippen LogP contribution >= 0.6 is 15.9 Å². The van der Waals surface area contributed by atoms with Crippen molar-refractivity contribution < 1.29 is 9.47 Å². The molecule has 0 bridgehead atoms. The molecule has 2 aromatic rings. The number of hydrogen-bond acceptors (Lipinski definition) is 3. The molecule has 0 saturated carbocycles. The first kappa shape index (κ1) is 13.7. The van der Waals surface area contributed by atoms with Crippen molar-refractivity contribution in [3.8, 4) is 11.5 Å². The lowest BCUT2D eigenvalue weighted by Gasteiger charge is -2.09. The van der Waals surface area contributed by atoms with Gasteiger partial charge in [0.25, 0.3) is 0 Å². The van der Waals surface area contributed by atoms with Crippen LogP contribution < -0.4 is 15.2 Å². The van der Waals surface area contributed by atoms with Crippen molar-refractivity contribution in [3.63, 3.8) is 0 Å². The zero-order valence-corrected chi connectivity index (χ0v) is 12.3. The summed E-state index contributed by atoms with van der Waals surface area (Å²) in [6.45, 7) is 0.595. The molecule has 0 amide bonds. The van der Waals surface area contributed by atoms with Crippen LogP contribution in [0.2, 0.25) is 0 Å². The summed E-state index contributed by atoms with van der Waals surface area (Å²) in [5.41, 5.74) is 7.71. The molecule has 19 heavy (non-hydrogen) atoms. The van der Waals surface area contributed by atoms with E-state index >= 15 is 0 Å². The van der Waals surface area contributed by atoms with E-state index in [1.54, 1.807) is 7.11 Å². The van der Waals surface area contributed by atoms with Crippen LogP contribution in [-0.4, -0.2) is 13.7 Å². The van der Waals surface area contributed by atoms with Crippen LogP contribution in [0.15, 0.2) is 46.9 Å². The number of nitrogen functional groups attached to an aromatic ring is 1. The molecule has 0 spiro atoms. The Morgan fingerprint density at radius 3 is 2.47 bits per heavy atom. The summed E-state index contributed by atoms with van der Waals surface area (Å²) in [6, 6.07) is 13.6. The van der Waals surface area contributed by atoms with Crippen molar-refractivity contribution in [1.29, 1.82) is 0 Å². The third kappa shape index (κ3) is 3.89. The van der Waals surface area contributed by atoms with Gasteiger partial charge < -0.3 is 15.2 Å². The molecule has 0 heterocycles. The van der Waals surface area contributed by atoms with E-state index in [9.17, 15) is 0 Å². The van der Waals surface area contributed by atoms with Gasteiger partial charge in [0.1, 0.15) is 11.5 Å². The predicted octanol–water partition coefficient (Wildman–Crippen LogP) is 3.66. The maximum Gasteiger partial charge on any atom is 0.142 e. The van der Waals surface area contributed by atoms with Gasteiger partial charge in [0, 0.05) is 10.9 Å². The Kier molecular flexibility index (Phi) is 4.68. The molecule has 0 aliphatic heterocycles. The fourth-order valence-corrected chi connectivity index (χ4v) is 2.10. The molecule has 0 aliphatic rings. The second-order valence-corrected chi connectivity index (χ2v) is 5.04. The van der Waals surface area contributed by atoms with E-state index < -0.39 is 0 Å². The van der Waals surface area contributed by atoms with Gasteiger partial charge in [-0.3, -0.25) is 0 Å². The fraction of sp³-hybridized carbons (Fsp3) is 0.200. The average Bonchev–Trinajstić information content (AvgIpc) is 2.42. The third-order valence-electron chi connectivity index (χ3n) is 2.78. The molecule has 0 radical (unpaired) electrons. The van der Waals surface area contributed by atoms with Crippen LogP contribution in [0.4, 0.5) is 5.69 Å². The van der Waals surface area contributed by atoms with Crippen LogP contribution in [0.25, 0.3) is 0 Å². The van der Waals surface area contributed by atoms with Gasteiger partial charge in [0.15, 0.2) is 0 Å². The lowest BCUT2D eigenvalue weighted by molar-refractivity contribution is 0.323. The predicted molar refractivity (Wildman–Crippen MR) is 80.7 cm³/mol. The Morgan fingerprint density at radius 1 is 1.11 bits per heavy atom. The lowest BCUT2D eigenvalue weighted by atomic mass is 10.1. The smallest absolute Gasteiger partial charge is 0.142 e. The zero-order chi connectivity index (χ0) is 13.7. The quantitative estimate of drug-likeness (QED) is 0.855. The molecule has 0 atom stereocenters. The van der Waals surface area contributed by atoms with Gasteiger partial charge in [-0.05, 0) is 35.9 Å². The first-order valence-corrected chi connectivity index (χ1v) is 6.79. The van der Waals surface area contributed by atoms with Crippen LogP contribution in [0.3, 0.4) is 0 Å². The second kappa shape index (κ2) is 6.48. The van der Waals surface area contributed by atoms with Gasteiger partial charge >= 0.3 is 0 Å². The molecule has 4 heteroatoms. The first-order chi connectivity index (χ1) is 9.19. The van der Waals surface area contributed by atoms with E-state index in [0.717, 1.165) is 22.4 Å². The third-order valence-corrected chi connectivity index (χ3v) is 3.27. The molecular formula is C15H16BrNO2. The van der Waals surface area contributed by atoms with Gasteiger partial charge in [-0.2, -0.15) is 0 Å². The summed E-state index contributed by atoms with van der Waals surface area (Å²) < 4.78 is 11.7. The van der Waals surface area contributed by atoms with Crippen LogP contribution in [0.1, 0.15) is 5.56 Å². The summed E-state index contributed by atoms with van der Waals surface area (Å²) >= 11 is 3.37. The number of nitrogens with two attached hydrogens (primary N) is 1. The summed E-state index contributed by atoms with van der Waals surface area (Å²) in [7, 11) is 1.66. The Labute approximate surface area is 121 Å². The second-order valence-electron chi connectivity index (χ2n) is 4.13. The van der Waals surface area contributed by atoms with E-state index in [1.807, 2.05) is 42.5 Å². The standard InChI is InChI=1S/C15H16BrNO2/c1-18-13-5-2-11(3-6-13)8-9-19-15-7-4-12(16)10-14(15)17/h2-7,10H,8-9,17H2,1H3. The summed E-state index contributed by atoms with van der Waals surface area (Å²) in [5, 5.41) is 0. The SMILES string of the molecule is COc1ccc(CCOc2ccc(Br)cc2N)cc1. The number of benzene rings is 2. The molecule has 0 aromatic heterocycles. The van der Waals surface area contributed by atoms with E-state index in [1.165, 1.54) is 5.56 Å². The molecule has 0 aliphatic carbocycles. The highest BCUT2D eigenvalue weighted by molar-refractivity contribution is 9.10. The van der Waals surface area contributed by atoms with E-state index in [-0.39, 0.29) is 0 Å². The summed E-state index contributed by atoms with van der Waals surface area (Å²) in [5.74, 6) is 1.58. The van der Waals surface area contributed by atoms with Crippen LogP contribution in [0.5, 0.6) is 11.5 Å². The topological polar surface area (TPSA) is 44.5 Å². The molecule has 2 aromatic carbocycles. The zero-order valence-electron chi connectivity index (χ0n) is 10.7. The van der Waals surface area contributed by atoms with Crippen LogP contribution in [-0.2, 0) is 6.42 Å². The number of anilines is 1. The Hall–Kier alpha value is -1.68. The normalized spacial score (nSPS) is 10.2. The molecule has 2 N–H and O–H groups in total. The fourth-order valence-electron chi connectivity index (χ4n) is 1.72. The molecule has 0 unspecified atom stereocenters. The summed E-state index contributed by atoms with van der Waals surface area (Å²) in [4.78, 5) is 0. The van der Waals surface area contributed by atoms with Crippen molar-refractivity contribution in [2.75, 3.05) is 19.5 Å². The molecule has 3 nitrogen and oxygen atoms in total. The van der Waals surface area contributed by atoms with E-state index in [2.05, 4.69) is 15.9 Å². The Bertz CT molecular complexity index is 540. The van der Waals surface area contributed by atoms with Gasteiger partial charge in [0.05, 0.1) is 19.4 Å². The largest absolute Gasteiger partial charge is 0.497 e. The van der Waals surface area contributed by atoms with Crippen molar-refractivity contribution in [1.82, 2.24) is 0 Å². The maximum atomic E-state index is 5.87. The summed E-state index contributed by atoms with van der Waals surface area (Å²) in [6.07, 6.45) is 0.833. The van der Waals surface area contributed by atoms with Crippen molar-refractivity contribution >= 4 is 21.6 Å². The van der Waals surface area contributed by atoms with Gasteiger partial charge in [-0.15, -0.1) is 0 Å². The average molecular weight is 322 g/mol. The molecule has 0 saturated heterocycles. The number of halogens is 1. The van der Waals surface area contributed by atoms with Crippen molar-refractivity contribution in [3.05, 3.63) is 52.5 Å². The van der Waals surface area contributed by atoms with Crippen molar-refractivity contribution in [2.45, 2.75) is 6.42 Å². The molecule has 2 rings (SSSR count). The molecular weight excluding hydrogens is 306 g/mol. The maximum absolute atomic E-state index is 5.87. The Balaban J connectivity index is 1.88. The minimum absolute atomic E-state index is 0.595. The number of methoxy groups -OCH3 is 1. The highest BCUT2D eigenvalue weighted by Gasteiger charge is 2.01. The Morgan fingerprint density at radius 2 is 1.84 bits per heavy atom. The van der Waals surface area contributed by atoms with E-state index in [0.29, 0.717) is 12.3 Å². The monoisotopic (exact) mass is 321 g/mol. The first-order valence-electron chi connectivity index (χ1n) is 6.00. The highest BCUT2D eigenvalue weighted by atomic mass is 79.9. The number of ether oxygens (including phenoxy) is 2. The van der Waals surface area contributed by atoms with Gasteiger partial charge in [-0.25, -0.2) is 0 Å². The minimum Gasteiger partial charge on any atom is -0.497 e. The lowest BCUT2D eigenvalue weighted by Crippen LogP contribution is -2.03. The van der Waals surface area contributed by atoms with Gasteiger partial charge in [0.2, 0.25) is 0 Å². The van der Waals surface area contributed by atoms with Gasteiger partial charge in [-0.1, -0.05) is 28.1 Å². The van der Waals surface area contributed by atoms with E-state index in [4.69, 9.17) is 15.2 Å². The number of hydrogen-bond donors (Lipinski definition) is 1.